The molecule has 1 saturated carbocycles. The molecule has 1 aliphatic carbocycles. The molecule has 3 fully saturated rings. The molecule has 19 heavy (non-hydrogen) atoms. The van der Waals surface area contributed by atoms with Gasteiger partial charge in [-0.1, -0.05) is 12.2 Å². The number of nitrogens with zero attached hydrogens (tertiary/aromatic N) is 1. The number of hydrogen-bond donors (Lipinski definition) is 1. The molecule has 0 aromatic rings. The molecule has 4 nitrogen and oxygen atoms in total. The normalized spacial score (nSPS) is 41.3. The van der Waals surface area contributed by atoms with Crippen LogP contribution in [0.5, 0.6) is 0 Å². The molecule has 2 saturated heterocycles. The van der Waals surface area contributed by atoms with Crippen molar-refractivity contribution in [3.8, 4) is 0 Å². The molecule has 2 bridgehead atoms. The van der Waals surface area contributed by atoms with Gasteiger partial charge in [0.1, 0.15) is 0 Å². The lowest BCUT2D eigenvalue weighted by Crippen LogP contribution is -2.68. The van der Waals surface area contributed by atoms with E-state index in [1.807, 2.05) is 12.2 Å². The third kappa shape index (κ3) is 1.89. The first kappa shape index (κ1) is 13.3. The minimum atomic E-state index is -0.630. The lowest BCUT2D eigenvalue weighted by molar-refractivity contribution is -0.270. The predicted molar refractivity (Wildman–Crippen MR) is 72.7 cm³/mol. The summed E-state index contributed by atoms with van der Waals surface area (Å²) in [5.41, 5.74) is -0.0430. The summed E-state index contributed by atoms with van der Waals surface area (Å²) < 4.78 is 11.8. The molecule has 4 heteroatoms. The van der Waals surface area contributed by atoms with Gasteiger partial charge in [0.2, 0.25) is 0 Å². The second kappa shape index (κ2) is 4.70. The molecular formula is C15H23NO3. The van der Waals surface area contributed by atoms with E-state index < -0.39 is 5.79 Å². The van der Waals surface area contributed by atoms with Crippen LogP contribution in [-0.2, 0) is 9.47 Å². The summed E-state index contributed by atoms with van der Waals surface area (Å²) in [5.74, 6) is -0.585. The Morgan fingerprint density at radius 2 is 2.05 bits per heavy atom. The number of hydrogen-bond acceptors (Lipinski definition) is 4. The van der Waals surface area contributed by atoms with Crippen molar-refractivity contribution in [2.75, 3.05) is 26.3 Å². The Morgan fingerprint density at radius 3 is 2.68 bits per heavy atom. The van der Waals surface area contributed by atoms with Gasteiger partial charge in [0, 0.05) is 18.0 Å². The third-order valence-electron chi connectivity index (χ3n) is 5.02. The maximum Gasteiger partial charge on any atom is 0.186 e. The highest BCUT2D eigenvalue weighted by Gasteiger charge is 2.59. The van der Waals surface area contributed by atoms with Gasteiger partial charge < -0.3 is 14.6 Å². The monoisotopic (exact) mass is 265 g/mol. The SMILES string of the molecule is C=CCN1CC2(OCCO2)[C@H]2C[C@]1(C=C)CC[C@H]2O. The molecular weight excluding hydrogens is 242 g/mol. The third-order valence-corrected chi connectivity index (χ3v) is 5.02. The second-order valence-electron chi connectivity index (χ2n) is 5.90. The quantitative estimate of drug-likeness (QED) is 0.781. The van der Waals surface area contributed by atoms with Gasteiger partial charge in [-0.3, -0.25) is 4.90 Å². The fourth-order valence-corrected chi connectivity index (χ4v) is 3.99. The van der Waals surface area contributed by atoms with Gasteiger partial charge >= 0.3 is 0 Å². The molecule has 3 aliphatic rings. The van der Waals surface area contributed by atoms with Crippen molar-refractivity contribution >= 4 is 0 Å². The molecule has 1 spiro atoms. The Hall–Kier alpha value is -0.680. The average molecular weight is 265 g/mol. The molecule has 0 amide bonds. The number of likely N-dealkylation sites (tertiary alicyclic amines) is 1. The fourth-order valence-electron chi connectivity index (χ4n) is 3.99. The topological polar surface area (TPSA) is 41.9 Å². The van der Waals surface area contributed by atoms with Crippen LogP contribution in [0.1, 0.15) is 19.3 Å². The van der Waals surface area contributed by atoms with Gasteiger partial charge in [-0.05, 0) is 19.3 Å². The van der Waals surface area contributed by atoms with Gasteiger partial charge in [-0.2, -0.15) is 0 Å². The number of rotatable bonds is 3. The van der Waals surface area contributed by atoms with Crippen LogP contribution >= 0.6 is 0 Å². The van der Waals surface area contributed by atoms with E-state index in [0.717, 1.165) is 25.8 Å². The summed E-state index contributed by atoms with van der Waals surface area (Å²) >= 11 is 0. The molecule has 0 aromatic carbocycles. The molecule has 1 N–H and O–H groups in total. The Bertz CT molecular complexity index is 378. The number of ether oxygens (including phenoxy) is 2. The van der Waals surface area contributed by atoms with Crippen LogP contribution in [0.3, 0.4) is 0 Å². The zero-order chi connectivity index (χ0) is 13.5. The first-order valence-electron chi connectivity index (χ1n) is 7.11. The lowest BCUT2D eigenvalue weighted by atomic mass is 9.66. The fraction of sp³-hybridized carbons (Fsp3) is 0.733. The molecule has 2 heterocycles. The largest absolute Gasteiger partial charge is 0.393 e. The van der Waals surface area contributed by atoms with Crippen molar-refractivity contribution in [2.45, 2.75) is 36.7 Å². The minimum absolute atomic E-state index is 0.0430. The number of piperidine rings is 1. The van der Waals surface area contributed by atoms with E-state index in [2.05, 4.69) is 18.1 Å². The van der Waals surface area contributed by atoms with Gasteiger partial charge in [-0.25, -0.2) is 0 Å². The highest BCUT2D eigenvalue weighted by Crippen LogP contribution is 2.50. The summed E-state index contributed by atoms with van der Waals surface area (Å²) in [6, 6.07) is 0. The molecule has 3 atom stereocenters. The molecule has 106 valence electrons. The van der Waals surface area contributed by atoms with Gasteiger partial charge in [0.25, 0.3) is 0 Å². The van der Waals surface area contributed by atoms with E-state index in [1.165, 1.54) is 0 Å². The van der Waals surface area contributed by atoms with Crippen molar-refractivity contribution in [3.05, 3.63) is 25.3 Å². The first-order chi connectivity index (χ1) is 9.16. The maximum absolute atomic E-state index is 10.3. The number of fused-ring (bicyclic) bond motifs is 3. The van der Waals surface area contributed by atoms with Crippen LogP contribution in [0.2, 0.25) is 0 Å². The van der Waals surface area contributed by atoms with Crippen LogP contribution < -0.4 is 0 Å². The molecule has 0 aromatic heterocycles. The lowest BCUT2D eigenvalue weighted by Gasteiger charge is -2.58. The highest BCUT2D eigenvalue weighted by molar-refractivity contribution is 5.16. The predicted octanol–water partition coefficient (Wildman–Crippen LogP) is 1.32. The Labute approximate surface area is 114 Å². The summed E-state index contributed by atoms with van der Waals surface area (Å²) in [5, 5.41) is 10.3. The summed E-state index contributed by atoms with van der Waals surface area (Å²) in [6.07, 6.45) is 6.19. The van der Waals surface area contributed by atoms with Gasteiger partial charge in [0.05, 0.1) is 25.9 Å². The summed E-state index contributed by atoms with van der Waals surface area (Å²) in [4.78, 5) is 2.35. The number of aliphatic hydroxyl groups is 1. The molecule has 3 rings (SSSR count). The van der Waals surface area contributed by atoms with Crippen molar-refractivity contribution < 1.29 is 14.6 Å². The van der Waals surface area contributed by atoms with E-state index in [4.69, 9.17) is 9.47 Å². The summed E-state index contributed by atoms with van der Waals surface area (Å²) in [7, 11) is 0. The summed E-state index contributed by atoms with van der Waals surface area (Å²) in [6.45, 7) is 10.6. The average Bonchev–Trinajstić information content (AvgIpc) is 2.88. The first-order valence-corrected chi connectivity index (χ1v) is 7.11. The molecule has 2 aliphatic heterocycles. The van der Waals surface area contributed by atoms with Crippen molar-refractivity contribution in [1.82, 2.24) is 4.90 Å². The van der Waals surface area contributed by atoms with E-state index in [1.54, 1.807) is 0 Å². The zero-order valence-corrected chi connectivity index (χ0v) is 11.4. The standard InChI is InChI=1S/C15H23NO3/c1-3-7-16-11-15(18-8-9-19-15)12-10-14(16,4-2)6-5-13(12)17/h3-4,12-13,17H,1-2,5-11H2/t12-,13+,14-/m0/s1. The minimum Gasteiger partial charge on any atom is -0.393 e. The zero-order valence-electron chi connectivity index (χ0n) is 11.4. The van der Waals surface area contributed by atoms with Crippen LogP contribution in [0.25, 0.3) is 0 Å². The second-order valence-corrected chi connectivity index (χ2v) is 5.90. The van der Waals surface area contributed by atoms with Crippen LogP contribution in [0.15, 0.2) is 25.3 Å². The van der Waals surface area contributed by atoms with Gasteiger partial charge in [-0.15, -0.1) is 13.2 Å². The number of aliphatic hydroxyl groups excluding tert-OH is 1. The Morgan fingerprint density at radius 1 is 1.32 bits per heavy atom. The smallest absolute Gasteiger partial charge is 0.186 e. The van der Waals surface area contributed by atoms with Crippen molar-refractivity contribution in [1.29, 1.82) is 0 Å². The van der Waals surface area contributed by atoms with Crippen molar-refractivity contribution in [3.63, 3.8) is 0 Å². The molecule has 0 radical (unpaired) electrons. The van der Waals surface area contributed by atoms with E-state index >= 15 is 0 Å². The molecule has 0 unspecified atom stereocenters. The van der Waals surface area contributed by atoms with Crippen LogP contribution in [0, 0.1) is 5.92 Å². The van der Waals surface area contributed by atoms with Gasteiger partial charge in [0.15, 0.2) is 5.79 Å². The Balaban J connectivity index is 1.95. The van der Waals surface area contributed by atoms with E-state index in [-0.39, 0.29) is 17.6 Å². The van der Waals surface area contributed by atoms with Crippen molar-refractivity contribution in [2.24, 2.45) is 5.92 Å². The Kier molecular flexibility index (Phi) is 3.29. The van der Waals surface area contributed by atoms with E-state index in [0.29, 0.717) is 19.8 Å². The highest BCUT2D eigenvalue weighted by atomic mass is 16.7. The maximum atomic E-state index is 10.3. The van der Waals surface area contributed by atoms with E-state index in [9.17, 15) is 5.11 Å². The van der Waals surface area contributed by atoms with Crippen LogP contribution in [-0.4, -0.2) is 53.7 Å². The van der Waals surface area contributed by atoms with Crippen LogP contribution in [0.4, 0.5) is 0 Å².